The van der Waals surface area contributed by atoms with Crippen molar-refractivity contribution in [2.75, 3.05) is 20.1 Å². The van der Waals surface area contributed by atoms with Crippen LogP contribution in [0.3, 0.4) is 0 Å². The van der Waals surface area contributed by atoms with Gasteiger partial charge >= 0.3 is 0 Å². The minimum atomic E-state index is -3.68. The summed E-state index contributed by atoms with van der Waals surface area (Å²) in [5.41, 5.74) is 0.972. The molecule has 0 radical (unpaired) electrons. The van der Waals surface area contributed by atoms with Gasteiger partial charge in [0.2, 0.25) is 10.0 Å². The van der Waals surface area contributed by atoms with Crippen molar-refractivity contribution in [3.63, 3.8) is 0 Å². The zero-order valence-electron chi connectivity index (χ0n) is 21.2. The summed E-state index contributed by atoms with van der Waals surface area (Å²) in [7, 11) is -1.61. The number of phenolic OH excluding ortho intramolecular Hbond substituents is 1. The highest BCUT2D eigenvalue weighted by atomic mass is 32.2. The SMILES string of the molecule is CC(C)CN([C@H]1CC[C@@]2(O)[C@H]3Cc4ccc(O)c5c4[C@@]2(CCN3C)[C@H]1O5)S(=O)(=O)Cc1ccccc1. The van der Waals surface area contributed by atoms with Crippen LogP contribution < -0.4 is 4.74 Å². The number of likely N-dealkylation sites (N-methyl/N-ethyl adjacent to an activating group) is 1. The lowest BCUT2D eigenvalue weighted by atomic mass is 9.48. The van der Waals surface area contributed by atoms with Crippen molar-refractivity contribution in [2.45, 2.75) is 74.5 Å². The maximum Gasteiger partial charge on any atom is 0.218 e. The van der Waals surface area contributed by atoms with Gasteiger partial charge in [-0.25, -0.2) is 8.42 Å². The van der Waals surface area contributed by atoms with Crippen molar-refractivity contribution < 1.29 is 23.4 Å². The Balaban J connectivity index is 1.48. The lowest BCUT2D eigenvalue weighted by Crippen LogP contribution is -2.78. The van der Waals surface area contributed by atoms with Crippen LogP contribution in [0.4, 0.5) is 0 Å². The molecular weight excluding hydrogens is 476 g/mol. The Morgan fingerprint density at radius 1 is 1.17 bits per heavy atom. The maximum atomic E-state index is 14.0. The third kappa shape index (κ3) is 3.24. The van der Waals surface area contributed by atoms with Crippen molar-refractivity contribution in [3.05, 3.63) is 59.2 Å². The second-order valence-electron chi connectivity index (χ2n) is 11.6. The molecule has 0 amide bonds. The van der Waals surface area contributed by atoms with E-state index in [0.29, 0.717) is 38.0 Å². The fourth-order valence-electron chi connectivity index (χ4n) is 7.70. The number of benzene rings is 2. The molecule has 2 aromatic carbocycles. The van der Waals surface area contributed by atoms with E-state index in [0.717, 1.165) is 23.2 Å². The molecule has 0 unspecified atom stereocenters. The third-order valence-corrected chi connectivity index (χ3v) is 11.0. The van der Waals surface area contributed by atoms with Gasteiger partial charge in [0.25, 0.3) is 0 Å². The normalized spacial score (nSPS) is 33.0. The number of hydrogen-bond donors (Lipinski definition) is 2. The second kappa shape index (κ2) is 8.18. The molecule has 4 aliphatic rings. The number of nitrogens with zero attached hydrogens (tertiary/aromatic N) is 2. The summed E-state index contributed by atoms with van der Waals surface area (Å²) in [5.74, 6) is 0.558. The summed E-state index contributed by atoms with van der Waals surface area (Å²) in [6.07, 6.45) is 1.81. The fourth-order valence-corrected chi connectivity index (χ4v) is 9.64. The number of likely N-dealkylation sites (tertiary alicyclic amines) is 1. The minimum absolute atomic E-state index is 0.0681. The molecule has 8 heteroatoms. The van der Waals surface area contributed by atoms with E-state index in [4.69, 9.17) is 4.74 Å². The van der Waals surface area contributed by atoms with E-state index in [1.54, 1.807) is 10.4 Å². The number of phenols is 1. The first kappa shape index (κ1) is 24.2. The number of piperidine rings is 1. The maximum absolute atomic E-state index is 14.0. The van der Waals surface area contributed by atoms with Crippen LogP contribution in [0.5, 0.6) is 11.5 Å². The highest BCUT2D eigenvalue weighted by molar-refractivity contribution is 7.88. The zero-order valence-corrected chi connectivity index (χ0v) is 22.0. The lowest BCUT2D eigenvalue weighted by molar-refractivity contribution is -0.192. The van der Waals surface area contributed by atoms with Gasteiger partial charge < -0.3 is 19.8 Å². The number of aromatic hydroxyl groups is 1. The molecule has 1 saturated carbocycles. The van der Waals surface area contributed by atoms with Crippen LogP contribution in [0.15, 0.2) is 42.5 Å². The summed E-state index contributed by atoms with van der Waals surface area (Å²) in [6.45, 7) is 5.23. The van der Waals surface area contributed by atoms with Crippen LogP contribution in [0, 0.1) is 5.92 Å². The molecule has 2 aromatic rings. The molecule has 7 nitrogen and oxygen atoms in total. The van der Waals surface area contributed by atoms with Crippen molar-refractivity contribution >= 4 is 10.0 Å². The summed E-state index contributed by atoms with van der Waals surface area (Å²) < 4.78 is 36.2. The quantitative estimate of drug-likeness (QED) is 0.619. The molecule has 0 aromatic heterocycles. The Morgan fingerprint density at radius 3 is 2.64 bits per heavy atom. The standard InChI is InChI=1S/C28H36N2O5S/c1-18(2)16-30(36(33,34)17-19-7-5-4-6-8-19)21-11-12-28(32)23-15-20-9-10-22(31)25-24(20)27(28,26(21)35-25)13-14-29(23)3/h4-10,18,21,23,26,31-32H,11-17H2,1-3H3/t21-,23+,26-,27-,28+/m0/s1. The largest absolute Gasteiger partial charge is 0.504 e. The molecule has 2 N–H and O–H groups in total. The molecule has 1 spiro atoms. The summed E-state index contributed by atoms with van der Waals surface area (Å²) in [6, 6.07) is 12.4. The number of sulfonamides is 1. The van der Waals surface area contributed by atoms with Crippen molar-refractivity contribution in [2.24, 2.45) is 5.92 Å². The van der Waals surface area contributed by atoms with Gasteiger partial charge in [0.1, 0.15) is 6.10 Å². The Labute approximate surface area is 213 Å². The van der Waals surface area contributed by atoms with Crippen LogP contribution in [0.25, 0.3) is 0 Å². The van der Waals surface area contributed by atoms with E-state index < -0.39 is 33.2 Å². The molecule has 6 rings (SSSR count). The van der Waals surface area contributed by atoms with Crippen molar-refractivity contribution in [1.82, 2.24) is 9.21 Å². The average molecular weight is 513 g/mol. The second-order valence-corrected chi connectivity index (χ2v) is 13.6. The van der Waals surface area contributed by atoms with Gasteiger partial charge in [0, 0.05) is 18.2 Å². The van der Waals surface area contributed by atoms with Crippen LogP contribution in [-0.2, 0) is 27.6 Å². The van der Waals surface area contributed by atoms with Gasteiger partial charge in [-0.3, -0.25) is 0 Å². The van der Waals surface area contributed by atoms with Gasteiger partial charge in [0.05, 0.1) is 22.8 Å². The smallest absolute Gasteiger partial charge is 0.218 e. The topological polar surface area (TPSA) is 90.3 Å². The van der Waals surface area contributed by atoms with Gasteiger partial charge in [-0.15, -0.1) is 0 Å². The molecule has 2 heterocycles. The van der Waals surface area contributed by atoms with Crippen molar-refractivity contribution in [3.8, 4) is 11.5 Å². The molecule has 36 heavy (non-hydrogen) atoms. The van der Waals surface area contributed by atoms with Gasteiger partial charge in [0.15, 0.2) is 11.5 Å². The highest BCUT2D eigenvalue weighted by Crippen LogP contribution is 2.65. The number of rotatable bonds is 6. The van der Waals surface area contributed by atoms with Crippen LogP contribution in [0.2, 0.25) is 0 Å². The fraction of sp³-hybridized carbons (Fsp3) is 0.571. The van der Waals surface area contributed by atoms with Crippen molar-refractivity contribution in [1.29, 1.82) is 0 Å². The van der Waals surface area contributed by atoms with E-state index >= 15 is 0 Å². The van der Waals surface area contributed by atoms with E-state index in [9.17, 15) is 18.6 Å². The number of ether oxygens (including phenoxy) is 1. The predicted molar refractivity (Wildman–Crippen MR) is 138 cm³/mol. The first-order valence-corrected chi connectivity index (χ1v) is 14.7. The Hall–Kier alpha value is -2.13. The highest BCUT2D eigenvalue weighted by Gasteiger charge is 2.73. The first-order valence-electron chi connectivity index (χ1n) is 13.1. The molecule has 2 fully saturated rings. The molecule has 5 atom stereocenters. The number of hydrogen-bond acceptors (Lipinski definition) is 6. The third-order valence-electron chi connectivity index (χ3n) is 9.16. The first-order chi connectivity index (χ1) is 17.1. The monoisotopic (exact) mass is 512 g/mol. The van der Waals surface area contributed by atoms with E-state index in [-0.39, 0.29) is 23.5 Å². The van der Waals surface area contributed by atoms with Crippen LogP contribution in [0.1, 0.15) is 49.8 Å². The van der Waals surface area contributed by atoms with Gasteiger partial charge in [-0.1, -0.05) is 50.2 Å². The minimum Gasteiger partial charge on any atom is -0.504 e. The molecule has 1 saturated heterocycles. The molecule has 2 bridgehead atoms. The van der Waals surface area contributed by atoms with Crippen LogP contribution >= 0.6 is 0 Å². The Bertz CT molecular complexity index is 1280. The summed E-state index contributed by atoms with van der Waals surface area (Å²) >= 11 is 0. The summed E-state index contributed by atoms with van der Waals surface area (Å²) in [4.78, 5) is 2.24. The number of aliphatic hydroxyl groups is 1. The Kier molecular flexibility index (Phi) is 5.51. The van der Waals surface area contributed by atoms with Gasteiger partial charge in [-0.05, 0) is 62.4 Å². The molecular formula is C28H36N2O5S. The molecule has 2 aliphatic carbocycles. The van der Waals surface area contributed by atoms with Crippen LogP contribution in [-0.4, -0.2) is 71.8 Å². The van der Waals surface area contributed by atoms with E-state index in [1.165, 1.54) is 0 Å². The molecule has 2 aliphatic heterocycles. The predicted octanol–water partition coefficient (Wildman–Crippen LogP) is 3.03. The van der Waals surface area contributed by atoms with E-state index in [2.05, 4.69) is 11.9 Å². The summed E-state index contributed by atoms with van der Waals surface area (Å²) in [5, 5.41) is 23.2. The van der Waals surface area contributed by atoms with Gasteiger partial charge in [-0.2, -0.15) is 4.31 Å². The average Bonchev–Trinajstić information content (AvgIpc) is 3.18. The lowest BCUT2D eigenvalue weighted by Gasteiger charge is -2.64. The zero-order chi connectivity index (χ0) is 25.5. The Morgan fingerprint density at radius 2 is 1.92 bits per heavy atom. The van der Waals surface area contributed by atoms with E-state index in [1.807, 2.05) is 50.2 Å². The molecule has 194 valence electrons.